The van der Waals surface area contributed by atoms with Gasteiger partial charge in [0.15, 0.2) is 0 Å². The summed E-state index contributed by atoms with van der Waals surface area (Å²) in [5.41, 5.74) is -0.948. The summed E-state index contributed by atoms with van der Waals surface area (Å²) in [4.78, 5) is 0. The molecule has 2 unspecified atom stereocenters. The van der Waals surface area contributed by atoms with Gasteiger partial charge in [0.25, 0.3) is 0 Å². The molecule has 4 atom stereocenters. The lowest BCUT2D eigenvalue weighted by Crippen LogP contribution is -2.51. The molecule has 2 aliphatic heterocycles. The molecule has 0 bridgehead atoms. The minimum atomic E-state index is -0.948. The predicted molar refractivity (Wildman–Crippen MR) is 52.7 cm³/mol. The van der Waals surface area contributed by atoms with Gasteiger partial charge in [-0.1, -0.05) is 6.08 Å². The molecule has 0 aromatic heterocycles. The molecule has 0 radical (unpaired) electrons. The fourth-order valence-electron chi connectivity index (χ4n) is 2.18. The molecule has 0 saturated carbocycles. The third-order valence-electron chi connectivity index (χ3n) is 3.00. The highest BCUT2D eigenvalue weighted by Gasteiger charge is 2.54. The molecule has 1 N–H and O–H groups in total. The average molecular weight is 198 g/mol. The van der Waals surface area contributed by atoms with Gasteiger partial charge in [-0.25, -0.2) is 0 Å². The molecule has 0 aliphatic carbocycles. The number of hydrogen-bond acceptors (Lipinski definition) is 4. The molecular weight excluding hydrogens is 183 g/mol. The van der Waals surface area contributed by atoms with E-state index in [1.807, 2.05) is 7.85 Å². The Labute approximate surface area is 84.2 Å². The van der Waals surface area contributed by atoms with Crippen LogP contribution in [0.4, 0.5) is 0 Å². The van der Waals surface area contributed by atoms with E-state index in [4.69, 9.17) is 14.2 Å². The summed E-state index contributed by atoms with van der Waals surface area (Å²) in [6.45, 7) is 4.37. The van der Waals surface area contributed by atoms with E-state index < -0.39 is 5.60 Å². The molecule has 2 saturated heterocycles. The van der Waals surface area contributed by atoms with Crippen molar-refractivity contribution in [1.82, 2.24) is 0 Å². The third-order valence-corrected chi connectivity index (χ3v) is 3.00. The van der Waals surface area contributed by atoms with E-state index in [9.17, 15) is 5.11 Å². The highest BCUT2D eigenvalue weighted by molar-refractivity contribution is 6.12. The van der Waals surface area contributed by atoms with Crippen molar-refractivity contribution in [3.05, 3.63) is 12.7 Å². The van der Waals surface area contributed by atoms with Gasteiger partial charge in [-0.3, -0.25) is 0 Å². The summed E-state index contributed by atoms with van der Waals surface area (Å²) in [6, 6.07) is -0.239. The first-order valence-electron chi connectivity index (χ1n) is 4.86. The molecule has 0 aromatic rings. The summed E-state index contributed by atoms with van der Waals surface area (Å²) in [5, 5.41) is 10.4. The van der Waals surface area contributed by atoms with Crippen LogP contribution >= 0.6 is 0 Å². The smallest absolute Gasteiger partial charge is 0.147 e. The van der Waals surface area contributed by atoms with E-state index in [-0.39, 0.29) is 25.0 Å². The van der Waals surface area contributed by atoms with Gasteiger partial charge in [-0.2, -0.15) is 0 Å². The van der Waals surface area contributed by atoms with Gasteiger partial charge in [0.1, 0.15) is 32.4 Å². The summed E-state index contributed by atoms with van der Waals surface area (Å²) >= 11 is 0. The molecule has 0 spiro atoms. The molecule has 14 heavy (non-hydrogen) atoms. The van der Waals surface area contributed by atoms with Gasteiger partial charge in [0, 0.05) is 0 Å². The van der Waals surface area contributed by atoms with Gasteiger partial charge in [0.2, 0.25) is 0 Å². The zero-order valence-corrected chi connectivity index (χ0v) is 8.31. The van der Waals surface area contributed by atoms with Gasteiger partial charge in [0.05, 0.1) is 12.6 Å². The number of hydrogen-bond donors (Lipinski definition) is 1. The Balaban J connectivity index is 2.18. The summed E-state index contributed by atoms with van der Waals surface area (Å²) < 4.78 is 16.1. The van der Waals surface area contributed by atoms with Crippen LogP contribution in [-0.4, -0.2) is 50.2 Å². The van der Waals surface area contributed by atoms with Crippen LogP contribution in [-0.2, 0) is 14.2 Å². The molecule has 0 aromatic carbocycles. The van der Waals surface area contributed by atoms with E-state index in [2.05, 4.69) is 6.58 Å². The fourth-order valence-corrected chi connectivity index (χ4v) is 2.18. The monoisotopic (exact) mass is 198 g/mol. The van der Waals surface area contributed by atoms with Crippen LogP contribution in [0.25, 0.3) is 0 Å². The van der Waals surface area contributed by atoms with Crippen molar-refractivity contribution in [1.29, 1.82) is 0 Å². The van der Waals surface area contributed by atoms with Crippen LogP contribution in [0, 0.1) is 0 Å². The molecule has 2 aliphatic rings. The van der Waals surface area contributed by atoms with Crippen LogP contribution in [0.2, 0.25) is 0 Å². The van der Waals surface area contributed by atoms with Gasteiger partial charge in [-0.15, -0.1) is 6.58 Å². The minimum Gasteiger partial charge on any atom is -0.385 e. The lowest BCUT2D eigenvalue weighted by Gasteiger charge is -2.34. The van der Waals surface area contributed by atoms with Crippen molar-refractivity contribution in [2.75, 3.05) is 13.4 Å². The SMILES string of the molecule is BC1OC2COCO[C@H]2[C@@]1(O)CC=C. The molecule has 2 rings (SSSR count). The van der Waals surface area contributed by atoms with Crippen molar-refractivity contribution < 1.29 is 19.3 Å². The number of aliphatic hydroxyl groups is 1. The van der Waals surface area contributed by atoms with Crippen LogP contribution in [0.5, 0.6) is 0 Å². The largest absolute Gasteiger partial charge is 0.385 e. The van der Waals surface area contributed by atoms with E-state index in [1.54, 1.807) is 6.08 Å². The molecule has 78 valence electrons. The Morgan fingerprint density at radius 3 is 3.14 bits per heavy atom. The van der Waals surface area contributed by atoms with Crippen molar-refractivity contribution in [2.45, 2.75) is 30.2 Å². The van der Waals surface area contributed by atoms with E-state index >= 15 is 0 Å². The Morgan fingerprint density at radius 1 is 1.64 bits per heavy atom. The second kappa shape index (κ2) is 3.66. The zero-order chi connectivity index (χ0) is 10.2. The summed E-state index contributed by atoms with van der Waals surface area (Å²) in [6.07, 6.45) is 1.74. The normalized spacial score (nSPS) is 47.4. The standard InChI is InChI=1S/C9H15BO4/c1-2-3-9(11)7-6(14-8(9)10)4-12-5-13-7/h2,6-8,11H,1,3-5,10H2/t6?,7-,8?,9+/m1/s1. The first-order chi connectivity index (χ1) is 6.68. The number of fused-ring (bicyclic) bond motifs is 1. The van der Waals surface area contributed by atoms with Crippen LogP contribution in [0.1, 0.15) is 6.42 Å². The predicted octanol–water partition coefficient (Wildman–Crippen LogP) is -0.976. The first kappa shape index (κ1) is 10.2. The van der Waals surface area contributed by atoms with E-state index in [1.165, 1.54) is 0 Å². The molecule has 4 nitrogen and oxygen atoms in total. The molecule has 2 heterocycles. The van der Waals surface area contributed by atoms with Crippen molar-refractivity contribution >= 4 is 7.85 Å². The van der Waals surface area contributed by atoms with Crippen molar-refractivity contribution in [3.63, 3.8) is 0 Å². The fraction of sp³-hybridized carbons (Fsp3) is 0.778. The second-order valence-electron chi connectivity index (χ2n) is 3.88. The topological polar surface area (TPSA) is 47.9 Å². The van der Waals surface area contributed by atoms with Crippen molar-refractivity contribution in [3.8, 4) is 0 Å². The number of ether oxygens (including phenoxy) is 3. The maximum absolute atomic E-state index is 10.4. The van der Waals surface area contributed by atoms with Crippen molar-refractivity contribution in [2.24, 2.45) is 0 Å². The maximum Gasteiger partial charge on any atom is 0.147 e. The first-order valence-corrected chi connectivity index (χ1v) is 4.86. The van der Waals surface area contributed by atoms with Gasteiger partial charge < -0.3 is 19.3 Å². The molecule has 2 fully saturated rings. The lowest BCUT2D eigenvalue weighted by molar-refractivity contribution is -0.202. The summed E-state index contributed by atoms with van der Waals surface area (Å²) in [7, 11) is 1.85. The highest BCUT2D eigenvalue weighted by atomic mass is 16.7. The van der Waals surface area contributed by atoms with Crippen LogP contribution in [0.3, 0.4) is 0 Å². The van der Waals surface area contributed by atoms with E-state index in [0.717, 1.165) is 0 Å². The number of rotatable bonds is 2. The molecule has 0 amide bonds. The highest BCUT2D eigenvalue weighted by Crippen LogP contribution is 2.36. The second-order valence-corrected chi connectivity index (χ2v) is 3.88. The molecular formula is C9H15BO4. The lowest BCUT2D eigenvalue weighted by atomic mass is 9.78. The van der Waals surface area contributed by atoms with Gasteiger partial charge >= 0.3 is 0 Å². The van der Waals surface area contributed by atoms with Crippen LogP contribution in [0.15, 0.2) is 12.7 Å². The zero-order valence-electron chi connectivity index (χ0n) is 8.31. The maximum atomic E-state index is 10.4. The average Bonchev–Trinajstić information content (AvgIpc) is 2.41. The quantitative estimate of drug-likeness (QED) is 0.457. The third kappa shape index (κ3) is 1.41. The molecule has 5 heteroatoms. The van der Waals surface area contributed by atoms with Gasteiger partial charge in [-0.05, 0) is 6.42 Å². The Bertz CT molecular complexity index is 235. The Hall–Kier alpha value is -0.355. The van der Waals surface area contributed by atoms with E-state index in [0.29, 0.717) is 13.0 Å². The summed E-state index contributed by atoms with van der Waals surface area (Å²) in [5.74, 6) is 0. The minimum absolute atomic E-state index is 0.149. The van der Waals surface area contributed by atoms with Crippen LogP contribution < -0.4 is 0 Å². The Morgan fingerprint density at radius 2 is 2.43 bits per heavy atom. The Kier molecular flexibility index (Phi) is 2.66.